The van der Waals surface area contributed by atoms with Gasteiger partial charge in [0.05, 0.1) is 0 Å². The largest absolute Gasteiger partial charge is 0.312 e. The van der Waals surface area contributed by atoms with Crippen molar-refractivity contribution in [3.8, 4) is 0 Å². The average molecular weight is 253 g/mol. The van der Waals surface area contributed by atoms with E-state index in [1.54, 1.807) is 0 Å². The number of hydrogen-bond donors (Lipinski definition) is 1. The van der Waals surface area contributed by atoms with Gasteiger partial charge in [-0.1, -0.05) is 6.92 Å². The lowest BCUT2D eigenvalue weighted by Gasteiger charge is -2.21. The second kappa shape index (κ2) is 6.55. The van der Waals surface area contributed by atoms with Gasteiger partial charge < -0.3 is 5.32 Å². The summed E-state index contributed by atoms with van der Waals surface area (Å²) < 4.78 is 0. The van der Waals surface area contributed by atoms with Crippen LogP contribution >= 0.6 is 11.3 Å². The second-order valence-corrected chi connectivity index (χ2v) is 7.49. The minimum atomic E-state index is 0.255. The van der Waals surface area contributed by atoms with E-state index in [4.69, 9.17) is 0 Å². The maximum absolute atomic E-state index is 3.56. The van der Waals surface area contributed by atoms with Gasteiger partial charge >= 0.3 is 0 Å². The lowest BCUT2D eigenvalue weighted by atomic mass is 10.0. The molecule has 0 aliphatic carbocycles. The van der Waals surface area contributed by atoms with Crippen molar-refractivity contribution < 1.29 is 0 Å². The lowest BCUT2D eigenvalue weighted by Crippen LogP contribution is -2.36. The molecular formula is C15H27NS. The van der Waals surface area contributed by atoms with Gasteiger partial charge in [-0.05, 0) is 71.6 Å². The highest BCUT2D eigenvalue weighted by Gasteiger charge is 2.09. The third-order valence-corrected chi connectivity index (χ3v) is 4.03. The van der Waals surface area contributed by atoms with Gasteiger partial charge in [-0.15, -0.1) is 11.3 Å². The van der Waals surface area contributed by atoms with E-state index in [9.17, 15) is 0 Å². The molecule has 0 radical (unpaired) electrons. The molecule has 1 aromatic heterocycles. The SMILES string of the molecule is Cc1ccc(CCC(C)CCNC(C)(C)C)s1. The Kier molecular flexibility index (Phi) is 5.68. The van der Waals surface area contributed by atoms with Crippen LogP contribution in [0.15, 0.2) is 12.1 Å². The summed E-state index contributed by atoms with van der Waals surface area (Å²) in [6.07, 6.45) is 3.84. The first kappa shape index (κ1) is 14.7. The predicted octanol–water partition coefficient (Wildman–Crippen LogP) is 4.40. The van der Waals surface area contributed by atoms with Gasteiger partial charge in [-0.25, -0.2) is 0 Å². The highest BCUT2D eigenvalue weighted by atomic mass is 32.1. The molecule has 0 fully saturated rings. The summed E-state index contributed by atoms with van der Waals surface area (Å²) in [6.45, 7) is 12.4. The first-order valence-corrected chi connectivity index (χ1v) is 7.49. The Labute approximate surface area is 111 Å². The van der Waals surface area contributed by atoms with Gasteiger partial charge in [-0.2, -0.15) is 0 Å². The van der Waals surface area contributed by atoms with Gasteiger partial charge in [-0.3, -0.25) is 0 Å². The highest BCUT2D eigenvalue weighted by molar-refractivity contribution is 7.11. The zero-order valence-electron chi connectivity index (χ0n) is 12.0. The van der Waals surface area contributed by atoms with Crippen molar-refractivity contribution in [1.29, 1.82) is 0 Å². The summed E-state index contributed by atoms with van der Waals surface area (Å²) in [4.78, 5) is 2.97. The Morgan fingerprint density at radius 1 is 1.24 bits per heavy atom. The van der Waals surface area contributed by atoms with Crippen molar-refractivity contribution in [2.24, 2.45) is 5.92 Å². The van der Waals surface area contributed by atoms with Crippen molar-refractivity contribution >= 4 is 11.3 Å². The molecule has 0 spiro atoms. The Morgan fingerprint density at radius 3 is 2.47 bits per heavy atom. The van der Waals surface area contributed by atoms with Crippen molar-refractivity contribution in [2.75, 3.05) is 6.54 Å². The molecule has 0 saturated carbocycles. The highest BCUT2D eigenvalue weighted by Crippen LogP contribution is 2.19. The summed E-state index contributed by atoms with van der Waals surface area (Å²) in [5, 5.41) is 3.56. The van der Waals surface area contributed by atoms with Gasteiger partial charge in [0.15, 0.2) is 0 Å². The fraction of sp³-hybridized carbons (Fsp3) is 0.733. The summed E-state index contributed by atoms with van der Waals surface area (Å²) in [7, 11) is 0. The van der Waals surface area contributed by atoms with Crippen LogP contribution in [0, 0.1) is 12.8 Å². The molecule has 0 aliphatic heterocycles. The normalized spacial score (nSPS) is 13.9. The van der Waals surface area contributed by atoms with Crippen molar-refractivity contribution in [3.63, 3.8) is 0 Å². The lowest BCUT2D eigenvalue weighted by molar-refractivity contribution is 0.387. The molecule has 98 valence electrons. The topological polar surface area (TPSA) is 12.0 Å². The Balaban J connectivity index is 2.15. The molecule has 1 atom stereocenters. The maximum Gasteiger partial charge on any atom is 0.00965 e. The smallest absolute Gasteiger partial charge is 0.00965 e. The van der Waals surface area contributed by atoms with E-state index in [0.29, 0.717) is 0 Å². The van der Waals surface area contributed by atoms with Crippen molar-refractivity contribution in [2.45, 2.75) is 59.4 Å². The number of aryl methyl sites for hydroxylation is 2. The van der Waals surface area contributed by atoms with E-state index in [2.05, 4.69) is 52.1 Å². The number of nitrogens with one attached hydrogen (secondary N) is 1. The summed E-state index contributed by atoms with van der Waals surface area (Å²) in [5.41, 5.74) is 0.255. The van der Waals surface area contributed by atoms with E-state index in [1.807, 2.05) is 11.3 Å². The molecule has 17 heavy (non-hydrogen) atoms. The van der Waals surface area contributed by atoms with Gasteiger partial charge in [0.2, 0.25) is 0 Å². The van der Waals surface area contributed by atoms with Gasteiger partial charge in [0, 0.05) is 15.3 Å². The molecule has 1 N–H and O–H groups in total. The van der Waals surface area contributed by atoms with Gasteiger partial charge in [0.25, 0.3) is 0 Å². The minimum absolute atomic E-state index is 0.255. The minimum Gasteiger partial charge on any atom is -0.312 e. The fourth-order valence-corrected chi connectivity index (χ4v) is 2.75. The van der Waals surface area contributed by atoms with Crippen LogP contribution in [0.4, 0.5) is 0 Å². The number of hydrogen-bond acceptors (Lipinski definition) is 2. The Hall–Kier alpha value is -0.340. The second-order valence-electron chi connectivity index (χ2n) is 6.12. The zero-order valence-corrected chi connectivity index (χ0v) is 12.8. The molecule has 0 saturated heterocycles. The molecule has 0 aromatic carbocycles. The molecule has 1 heterocycles. The standard InChI is InChI=1S/C15H27NS/c1-12(10-11-16-15(3,4)5)6-8-14-9-7-13(2)17-14/h7,9,12,16H,6,8,10-11H2,1-5H3. The Morgan fingerprint density at radius 2 is 1.94 bits per heavy atom. The van der Waals surface area contributed by atoms with Crippen LogP contribution in [0.5, 0.6) is 0 Å². The van der Waals surface area contributed by atoms with E-state index in [1.165, 1.54) is 29.0 Å². The number of thiophene rings is 1. The van der Waals surface area contributed by atoms with E-state index < -0.39 is 0 Å². The molecule has 1 unspecified atom stereocenters. The monoisotopic (exact) mass is 253 g/mol. The van der Waals surface area contributed by atoms with Crippen LogP contribution in [0.1, 0.15) is 50.3 Å². The summed E-state index contributed by atoms with van der Waals surface area (Å²) in [6, 6.07) is 4.51. The van der Waals surface area contributed by atoms with Crippen LogP contribution in [0.25, 0.3) is 0 Å². The molecule has 2 heteroatoms. The molecule has 1 rings (SSSR count). The van der Waals surface area contributed by atoms with Crippen LogP contribution in [-0.4, -0.2) is 12.1 Å². The fourth-order valence-electron chi connectivity index (χ4n) is 1.85. The van der Waals surface area contributed by atoms with E-state index >= 15 is 0 Å². The first-order valence-electron chi connectivity index (χ1n) is 6.67. The van der Waals surface area contributed by atoms with E-state index in [0.717, 1.165) is 12.5 Å². The molecule has 1 aromatic rings. The van der Waals surface area contributed by atoms with E-state index in [-0.39, 0.29) is 5.54 Å². The molecular weight excluding hydrogens is 226 g/mol. The van der Waals surface area contributed by atoms with Crippen molar-refractivity contribution in [1.82, 2.24) is 5.32 Å². The van der Waals surface area contributed by atoms with Crippen molar-refractivity contribution in [3.05, 3.63) is 21.9 Å². The quantitative estimate of drug-likeness (QED) is 0.792. The molecule has 0 aliphatic rings. The maximum atomic E-state index is 3.56. The van der Waals surface area contributed by atoms with Gasteiger partial charge in [0.1, 0.15) is 0 Å². The third-order valence-electron chi connectivity index (χ3n) is 2.97. The molecule has 1 nitrogen and oxygen atoms in total. The number of rotatable bonds is 6. The summed E-state index contributed by atoms with van der Waals surface area (Å²) >= 11 is 1.94. The van der Waals surface area contributed by atoms with Crippen LogP contribution in [-0.2, 0) is 6.42 Å². The summed E-state index contributed by atoms with van der Waals surface area (Å²) in [5.74, 6) is 0.812. The molecule has 0 amide bonds. The molecule has 0 bridgehead atoms. The Bertz CT molecular complexity index is 322. The first-order chi connectivity index (χ1) is 7.87. The van der Waals surface area contributed by atoms with Crippen LogP contribution in [0.3, 0.4) is 0 Å². The zero-order chi connectivity index (χ0) is 12.9. The average Bonchev–Trinajstić information content (AvgIpc) is 2.59. The van der Waals surface area contributed by atoms with Crippen LogP contribution in [0.2, 0.25) is 0 Å². The third kappa shape index (κ3) is 6.85. The predicted molar refractivity (Wildman–Crippen MR) is 78.9 cm³/mol. The van der Waals surface area contributed by atoms with Crippen LogP contribution < -0.4 is 5.32 Å².